The Morgan fingerprint density at radius 2 is 2.00 bits per heavy atom. The molecule has 0 bridgehead atoms. The fourth-order valence-electron chi connectivity index (χ4n) is 4.56. The highest BCUT2D eigenvalue weighted by Gasteiger charge is 2.23. The molecule has 3 aromatic rings. The molecule has 11 heteroatoms. The third-order valence-electron chi connectivity index (χ3n) is 6.50. The highest BCUT2D eigenvalue weighted by molar-refractivity contribution is 6.16. The van der Waals surface area contributed by atoms with Crippen LogP contribution >= 0.6 is 0 Å². The summed E-state index contributed by atoms with van der Waals surface area (Å²) in [5, 5.41) is 23.2. The molecule has 38 heavy (non-hydrogen) atoms. The van der Waals surface area contributed by atoms with Crippen molar-refractivity contribution in [3.8, 4) is 5.75 Å². The van der Waals surface area contributed by atoms with Gasteiger partial charge in [-0.2, -0.15) is 15.1 Å². The summed E-state index contributed by atoms with van der Waals surface area (Å²) in [6.45, 7) is 4.19. The molecule has 1 saturated carbocycles. The Bertz CT molecular complexity index is 1220. The molecule has 2 heterocycles. The van der Waals surface area contributed by atoms with Crippen LogP contribution in [0.4, 0.5) is 29.0 Å². The zero-order valence-corrected chi connectivity index (χ0v) is 22.5. The number of anilines is 5. The lowest BCUT2D eigenvalue weighted by molar-refractivity contribution is 0.144. The monoisotopic (exact) mass is 521 g/mol. The van der Waals surface area contributed by atoms with E-state index in [1.54, 1.807) is 24.2 Å². The van der Waals surface area contributed by atoms with E-state index in [1.807, 2.05) is 25.2 Å². The number of nitrogens with zero attached hydrogens (tertiary/aromatic N) is 4. The average molecular weight is 522 g/mol. The van der Waals surface area contributed by atoms with Crippen LogP contribution in [0, 0.1) is 5.41 Å². The van der Waals surface area contributed by atoms with Crippen LogP contribution in [0.2, 0.25) is 0 Å². The van der Waals surface area contributed by atoms with Gasteiger partial charge in [-0.25, -0.2) is 0 Å². The zero-order chi connectivity index (χ0) is 26.9. The topological polar surface area (TPSA) is 148 Å². The van der Waals surface area contributed by atoms with Crippen molar-refractivity contribution in [1.29, 1.82) is 5.41 Å². The maximum atomic E-state index is 8.85. The van der Waals surface area contributed by atoms with E-state index in [2.05, 4.69) is 33.0 Å². The van der Waals surface area contributed by atoms with Gasteiger partial charge in [0.1, 0.15) is 17.4 Å². The number of nitrogens with two attached hydrogens (primary N) is 1. The highest BCUT2D eigenvalue weighted by Crippen LogP contribution is 2.32. The average Bonchev–Trinajstić information content (AvgIpc) is 3.36. The lowest BCUT2D eigenvalue weighted by atomic mass is 9.95. The van der Waals surface area contributed by atoms with Gasteiger partial charge >= 0.3 is 0 Å². The maximum Gasteiger partial charge on any atom is 0.231 e. The molecule has 4 rings (SSSR count). The van der Waals surface area contributed by atoms with Gasteiger partial charge < -0.3 is 31.2 Å². The van der Waals surface area contributed by atoms with Crippen LogP contribution < -0.4 is 26.4 Å². The molecule has 1 fully saturated rings. The molecule has 1 aliphatic carbocycles. The zero-order valence-electron chi connectivity index (χ0n) is 22.5. The summed E-state index contributed by atoms with van der Waals surface area (Å²) in [4.78, 5) is 9.29. The first kappa shape index (κ1) is 27.2. The summed E-state index contributed by atoms with van der Waals surface area (Å²) in [7, 11) is 3.44. The Balaban J connectivity index is 1.58. The second-order valence-corrected chi connectivity index (χ2v) is 9.49. The Labute approximate surface area is 224 Å². The lowest BCUT2D eigenvalue weighted by Gasteiger charge is -2.25. The number of methoxy groups -OCH3 is 1. The Morgan fingerprint density at radius 1 is 1.18 bits per heavy atom. The number of aromatic nitrogens is 4. The van der Waals surface area contributed by atoms with Crippen LogP contribution in [-0.4, -0.2) is 58.4 Å². The smallest absolute Gasteiger partial charge is 0.231 e. The second kappa shape index (κ2) is 13.1. The summed E-state index contributed by atoms with van der Waals surface area (Å²) in [6.07, 6.45) is 10.1. The Hall–Kier alpha value is -3.86. The molecule has 0 atom stereocenters. The van der Waals surface area contributed by atoms with Gasteiger partial charge in [0.15, 0.2) is 0 Å². The van der Waals surface area contributed by atoms with Gasteiger partial charge in [-0.05, 0) is 31.4 Å². The first-order valence-electron chi connectivity index (χ1n) is 13.3. The lowest BCUT2D eigenvalue weighted by Crippen LogP contribution is -2.25. The molecular formula is C27H39N9O2. The van der Waals surface area contributed by atoms with Crippen molar-refractivity contribution < 1.29 is 9.47 Å². The molecule has 0 unspecified atom stereocenters. The van der Waals surface area contributed by atoms with Crippen molar-refractivity contribution in [1.82, 2.24) is 19.7 Å². The van der Waals surface area contributed by atoms with E-state index in [0.717, 1.165) is 31.6 Å². The Morgan fingerprint density at radius 3 is 2.71 bits per heavy atom. The first-order valence-corrected chi connectivity index (χ1v) is 13.3. The number of hydrogen-bond donors (Lipinski definition) is 5. The minimum absolute atomic E-state index is 0.221. The molecule has 11 nitrogen and oxygen atoms in total. The van der Waals surface area contributed by atoms with Crippen LogP contribution in [0.3, 0.4) is 0 Å². The minimum Gasteiger partial charge on any atom is -0.494 e. The molecular weight excluding hydrogens is 482 g/mol. The fourth-order valence-corrected chi connectivity index (χ4v) is 4.56. The fraction of sp³-hybridized carbons (Fsp3) is 0.481. The number of benzene rings is 1. The summed E-state index contributed by atoms with van der Waals surface area (Å²) in [5.74, 6) is 1.74. The van der Waals surface area contributed by atoms with Gasteiger partial charge in [-0.3, -0.25) is 10.1 Å². The number of nitrogen functional groups attached to an aromatic ring is 1. The number of nitrogens with one attached hydrogen (secondary N) is 4. The molecule has 204 valence electrons. The van der Waals surface area contributed by atoms with E-state index in [1.165, 1.54) is 19.3 Å². The standard InChI is InChI=1S/C27H39N9O2/c1-4-13-38-14-12-30-20-10-11-21(22(15-20)37-3)33-27-34-25(29)23(24(28)18-16-31-36(2)17-18)26(35-27)32-19-8-6-5-7-9-19/h10-11,15-17,19,28,30H,4-9,12-14H2,1-3H3,(H4,29,32,33,34,35). The second-order valence-electron chi connectivity index (χ2n) is 9.49. The van der Waals surface area contributed by atoms with Crippen LogP contribution in [0.25, 0.3) is 0 Å². The van der Waals surface area contributed by atoms with E-state index in [9.17, 15) is 0 Å². The number of hydrogen-bond acceptors (Lipinski definition) is 10. The van der Waals surface area contributed by atoms with Crippen LogP contribution in [0.15, 0.2) is 30.6 Å². The van der Waals surface area contributed by atoms with E-state index in [0.29, 0.717) is 47.5 Å². The first-order chi connectivity index (χ1) is 18.5. The third kappa shape index (κ3) is 6.91. The van der Waals surface area contributed by atoms with Crippen molar-refractivity contribution in [2.75, 3.05) is 48.6 Å². The molecule has 0 saturated heterocycles. The van der Waals surface area contributed by atoms with Crippen LogP contribution in [0.1, 0.15) is 56.6 Å². The van der Waals surface area contributed by atoms with Crippen LogP contribution in [-0.2, 0) is 11.8 Å². The van der Waals surface area contributed by atoms with Crippen molar-refractivity contribution in [2.24, 2.45) is 7.05 Å². The number of ether oxygens (including phenoxy) is 2. The van der Waals surface area contributed by atoms with Crippen molar-refractivity contribution in [2.45, 2.75) is 51.5 Å². The molecule has 1 aromatic carbocycles. The largest absolute Gasteiger partial charge is 0.494 e. The summed E-state index contributed by atoms with van der Waals surface area (Å²) in [5.41, 5.74) is 9.45. The quantitative estimate of drug-likeness (QED) is 0.161. The predicted molar refractivity (Wildman–Crippen MR) is 152 cm³/mol. The SMILES string of the molecule is CCCOCCNc1ccc(Nc2nc(N)c(C(=N)c3cnn(C)c3)c(NC3CCCCC3)n2)c(OC)c1. The van der Waals surface area contributed by atoms with Gasteiger partial charge in [0, 0.05) is 49.8 Å². The number of rotatable bonds is 13. The van der Waals surface area contributed by atoms with Crippen molar-refractivity contribution >= 4 is 34.7 Å². The van der Waals surface area contributed by atoms with Crippen molar-refractivity contribution in [3.05, 3.63) is 41.7 Å². The van der Waals surface area contributed by atoms with Crippen LogP contribution in [0.5, 0.6) is 5.75 Å². The summed E-state index contributed by atoms with van der Waals surface area (Å²) >= 11 is 0. The van der Waals surface area contributed by atoms with Crippen molar-refractivity contribution in [3.63, 3.8) is 0 Å². The van der Waals surface area contributed by atoms with Gasteiger partial charge in [0.2, 0.25) is 5.95 Å². The van der Waals surface area contributed by atoms with E-state index < -0.39 is 0 Å². The number of aryl methyl sites for hydroxylation is 1. The molecule has 1 aliphatic rings. The van der Waals surface area contributed by atoms with Gasteiger partial charge in [-0.1, -0.05) is 26.2 Å². The molecule has 0 amide bonds. The highest BCUT2D eigenvalue weighted by atomic mass is 16.5. The maximum absolute atomic E-state index is 8.85. The summed E-state index contributed by atoms with van der Waals surface area (Å²) in [6, 6.07) is 6.06. The third-order valence-corrected chi connectivity index (χ3v) is 6.50. The molecule has 6 N–H and O–H groups in total. The summed E-state index contributed by atoms with van der Waals surface area (Å²) < 4.78 is 12.8. The Kier molecular flexibility index (Phi) is 9.36. The van der Waals surface area contributed by atoms with Gasteiger partial charge in [0.25, 0.3) is 0 Å². The molecule has 0 aliphatic heterocycles. The van der Waals surface area contributed by atoms with E-state index in [4.69, 9.17) is 25.6 Å². The molecule has 2 aromatic heterocycles. The molecule has 0 radical (unpaired) electrons. The minimum atomic E-state index is 0.221. The van der Waals surface area contributed by atoms with E-state index in [-0.39, 0.29) is 17.6 Å². The van der Waals surface area contributed by atoms with E-state index >= 15 is 0 Å². The predicted octanol–water partition coefficient (Wildman–Crippen LogP) is 4.54. The normalized spacial score (nSPS) is 13.8. The van der Waals surface area contributed by atoms with Gasteiger partial charge in [-0.15, -0.1) is 0 Å². The molecule has 0 spiro atoms. The van der Waals surface area contributed by atoms with Gasteiger partial charge in [0.05, 0.1) is 36.9 Å².